The molecule has 0 saturated carbocycles. The molecule has 0 bridgehead atoms. The summed E-state index contributed by atoms with van der Waals surface area (Å²) in [6, 6.07) is 4.17. The van der Waals surface area contributed by atoms with E-state index in [0.29, 0.717) is 10.9 Å². The van der Waals surface area contributed by atoms with Crippen LogP contribution in [-0.2, 0) is 7.05 Å². The average molecular weight is 194 g/mol. The van der Waals surface area contributed by atoms with Gasteiger partial charge in [-0.15, -0.1) is 5.10 Å². The lowest BCUT2D eigenvalue weighted by molar-refractivity contribution is 0.0697. The van der Waals surface area contributed by atoms with Gasteiger partial charge in [0.15, 0.2) is 0 Å². The molecule has 0 aliphatic rings. The molecule has 14 heavy (non-hydrogen) atoms. The van der Waals surface area contributed by atoms with Crippen LogP contribution in [0.2, 0.25) is 0 Å². The van der Waals surface area contributed by atoms with Crippen LogP contribution < -0.4 is 0 Å². The van der Waals surface area contributed by atoms with Crippen molar-refractivity contribution < 1.29 is 14.3 Å². The molecule has 0 saturated heterocycles. The summed E-state index contributed by atoms with van der Waals surface area (Å²) in [4.78, 5) is 10.6. The standard InChI is InChI=1S/C9H7FN2O2/c1-12-7-4-5(9(13)14)2-3-6(7)8(10)11-12/h2-4H,1H3,(H,13,14). The van der Waals surface area contributed by atoms with Gasteiger partial charge >= 0.3 is 5.97 Å². The number of carboxylic acid groups (broad SMARTS) is 1. The molecule has 0 aliphatic heterocycles. The molecule has 4 nitrogen and oxygen atoms in total. The number of aryl methyl sites for hydroxylation is 1. The summed E-state index contributed by atoms with van der Waals surface area (Å²) in [6.45, 7) is 0. The first-order valence-corrected chi connectivity index (χ1v) is 3.95. The van der Waals surface area contributed by atoms with E-state index in [9.17, 15) is 9.18 Å². The molecule has 0 radical (unpaired) electrons. The Morgan fingerprint density at radius 1 is 1.57 bits per heavy atom. The van der Waals surface area contributed by atoms with Gasteiger partial charge in [-0.05, 0) is 18.2 Å². The fraction of sp³-hybridized carbons (Fsp3) is 0.111. The van der Waals surface area contributed by atoms with Crippen molar-refractivity contribution in [1.82, 2.24) is 9.78 Å². The summed E-state index contributed by atoms with van der Waals surface area (Å²) in [5, 5.41) is 12.6. The Bertz CT molecular complexity index is 519. The molecule has 0 aliphatic carbocycles. The van der Waals surface area contributed by atoms with Gasteiger partial charge in [0.05, 0.1) is 16.5 Å². The summed E-state index contributed by atoms with van der Waals surface area (Å²) in [5.41, 5.74) is 0.600. The van der Waals surface area contributed by atoms with Gasteiger partial charge in [0.25, 0.3) is 0 Å². The number of carboxylic acids is 1. The van der Waals surface area contributed by atoms with Crippen LogP contribution in [-0.4, -0.2) is 20.9 Å². The summed E-state index contributed by atoms with van der Waals surface area (Å²) in [5.74, 6) is -1.62. The van der Waals surface area contributed by atoms with E-state index in [1.807, 2.05) is 0 Å². The number of hydrogen-bond acceptors (Lipinski definition) is 2. The van der Waals surface area contributed by atoms with Crippen LogP contribution in [0.5, 0.6) is 0 Å². The van der Waals surface area contributed by atoms with Crippen molar-refractivity contribution in [2.75, 3.05) is 0 Å². The van der Waals surface area contributed by atoms with E-state index in [2.05, 4.69) is 5.10 Å². The minimum atomic E-state index is -1.03. The fourth-order valence-corrected chi connectivity index (χ4v) is 1.35. The number of hydrogen-bond donors (Lipinski definition) is 1. The van der Waals surface area contributed by atoms with Crippen molar-refractivity contribution in [2.45, 2.75) is 0 Å². The maximum absolute atomic E-state index is 13.1. The van der Waals surface area contributed by atoms with Gasteiger partial charge in [-0.1, -0.05) is 0 Å². The minimum Gasteiger partial charge on any atom is -0.478 e. The largest absolute Gasteiger partial charge is 0.478 e. The first kappa shape index (κ1) is 8.68. The number of benzene rings is 1. The van der Waals surface area contributed by atoms with E-state index in [0.717, 1.165) is 0 Å². The second-order valence-electron chi connectivity index (χ2n) is 2.95. The first-order chi connectivity index (χ1) is 6.59. The van der Waals surface area contributed by atoms with Crippen molar-refractivity contribution in [1.29, 1.82) is 0 Å². The first-order valence-electron chi connectivity index (χ1n) is 3.95. The summed E-state index contributed by atoms with van der Waals surface area (Å²) >= 11 is 0. The number of nitrogens with zero attached hydrogens (tertiary/aromatic N) is 2. The number of aromatic nitrogens is 2. The third-order valence-corrected chi connectivity index (χ3v) is 2.05. The minimum absolute atomic E-state index is 0.125. The second kappa shape index (κ2) is 2.80. The highest BCUT2D eigenvalue weighted by atomic mass is 19.1. The molecule has 0 spiro atoms. The Morgan fingerprint density at radius 2 is 2.29 bits per heavy atom. The van der Waals surface area contributed by atoms with E-state index in [4.69, 9.17) is 5.11 Å². The predicted octanol–water partition coefficient (Wildman–Crippen LogP) is 1.41. The van der Waals surface area contributed by atoms with E-state index < -0.39 is 11.9 Å². The lowest BCUT2D eigenvalue weighted by Crippen LogP contribution is -1.96. The van der Waals surface area contributed by atoms with Gasteiger partial charge in [0.1, 0.15) is 0 Å². The second-order valence-corrected chi connectivity index (χ2v) is 2.95. The SMILES string of the molecule is Cn1nc(F)c2ccc(C(=O)O)cc21. The fourth-order valence-electron chi connectivity index (χ4n) is 1.35. The number of fused-ring (bicyclic) bond motifs is 1. The highest BCUT2D eigenvalue weighted by Crippen LogP contribution is 2.18. The van der Waals surface area contributed by atoms with E-state index in [-0.39, 0.29) is 5.56 Å². The Morgan fingerprint density at radius 3 is 2.93 bits per heavy atom. The molecule has 0 unspecified atom stereocenters. The third kappa shape index (κ3) is 1.14. The number of halogens is 1. The Kier molecular flexibility index (Phi) is 1.73. The maximum atomic E-state index is 13.1. The molecule has 0 fully saturated rings. The molecular formula is C9H7FN2O2. The molecule has 0 atom stereocenters. The zero-order chi connectivity index (χ0) is 10.3. The molecule has 5 heteroatoms. The topological polar surface area (TPSA) is 55.1 Å². The summed E-state index contributed by atoms with van der Waals surface area (Å²) in [7, 11) is 1.57. The van der Waals surface area contributed by atoms with Crippen molar-refractivity contribution in [3.05, 3.63) is 29.7 Å². The van der Waals surface area contributed by atoms with Crippen LogP contribution in [0.1, 0.15) is 10.4 Å². The van der Waals surface area contributed by atoms with Crippen LogP contribution in [0.3, 0.4) is 0 Å². The van der Waals surface area contributed by atoms with Crippen molar-refractivity contribution in [2.24, 2.45) is 7.05 Å². The number of rotatable bonds is 1. The van der Waals surface area contributed by atoms with Crippen LogP contribution >= 0.6 is 0 Å². The molecular weight excluding hydrogens is 187 g/mol. The zero-order valence-electron chi connectivity index (χ0n) is 7.36. The molecule has 0 amide bonds. The van der Waals surface area contributed by atoms with Gasteiger partial charge in [0, 0.05) is 7.05 Å². The Labute approximate surface area is 78.6 Å². The quantitative estimate of drug-likeness (QED) is 0.746. The molecule has 1 N–H and O–H groups in total. The normalized spacial score (nSPS) is 10.7. The van der Waals surface area contributed by atoms with Gasteiger partial charge in [0.2, 0.25) is 5.95 Å². The van der Waals surface area contributed by atoms with E-state index in [1.165, 1.54) is 22.9 Å². The summed E-state index contributed by atoms with van der Waals surface area (Å²) < 4.78 is 14.4. The van der Waals surface area contributed by atoms with Crippen LogP contribution in [0.15, 0.2) is 18.2 Å². The molecule has 1 heterocycles. The Hall–Kier alpha value is -1.91. The van der Waals surface area contributed by atoms with Crippen LogP contribution in [0.4, 0.5) is 4.39 Å². The van der Waals surface area contributed by atoms with Gasteiger partial charge < -0.3 is 5.11 Å². The van der Waals surface area contributed by atoms with Gasteiger partial charge in [-0.3, -0.25) is 4.68 Å². The molecule has 2 rings (SSSR count). The van der Waals surface area contributed by atoms with Crippen LogP contribution in [0, 0.1) is 5.95 Å². The number of aromatic carboxylic acids is 1. The smallest absolute Gasteiger partial charge is 0.335 e. The van der Waals surface area contributed by atoms with E-state index in [1.54, 1.807) is 7.05 Å². The molecule has 1 aromatic carbocycles. The average Bonchev–Trinajstić information content (AvgIpc) is 2.42. The third-order valence-electron chi connectivity index (χ3n) is 2.05. The van der Waals surface area contributed by atoms with Crippen molar-refractivity contribution >= 4 is 16.9 Å². The molecule has 72 valence electrons. The predicted molar refractivity (Wildman–Crippen MR) is 47.6 cm³/mol. The lowest BCUT2D eigenvalue weighted by atomic mass is 10.2. The van der Waals surface area contributed by atoms with Gasteiger partial charge in [-0.25, -0.2) is 4.79 Å². The summed E-state index contributed by atoms with van der Waals surface area (Å²) in [6.07, 6.45) is 0. The molecule has 2 aromatic rings. The monoisotopic (exact) mass is 194 g/mol. The van der Waals surface area contributed by atoms with Crippen molar-refractivity contribution in [3.8, 4) is 0 Å². The lowest BCUT2D eigenvalue weighted by Gasteiger charge is -1.95. The van der Waals surface area contributed by atoms with E-state index >= 15 is 0 Å². The van der Waals surface area contributed by atoms with Gasteiger partial charge in [-0.2, -0.15) is 4.39 Å². The zero-order valence-corrected chi connectivity index (χ0v) is 7.36. The number of carbonyl (C=O) groups is 1. The van der Waals surface area contributed by atoms with Crippen LogP contribution in [0.25, 0.3) is 10.9 Å². The molecule has 1 aromatic heterocycles. The Balaban J connectivity index is 2.77. The highest BCUT2D eigenvalue weighted by molar-refractivity contribution is 5.93. The maximum Gasteiger partial charge on any atom is 0.335 e. The highest BCUT2D eigenvalue weighted by Gasteiger charge is 2.10. The van der Waals surface area contributed by atoms with Crippen molar-refractivity contribution in [3.63, 3.8) is 0 Å².